The number of amides is 3. The largest absolute Gasteiger partial charge is 0.325 e. The zero-order chi connectivity index (χ0) is 22.7. The first kappa shape index (κ1) is 22.0. The summed E-state index contributed by atoms with van der Waals surface area (Å²) in [5.41, 5.74) is 2.14. The minimum Gasteiger partial charge on any atom is -0.325 e. The summed E-state index contributed by atoms with van der Waals surface area (Å²) in [6.07, 6.45) is 4.88. The van der Waals surface area contributed by atoms with Gasteiger partial charge >= 0.3 is 0 Å². The SMILES string of the molecule is O=C(CSCc1ccc([N+](=O)[O-])cc1)Nc1ccc2c(c1)C(=O)N(C1CCCCC1)C2=O. The van der Waals surface area contributed by atoms with E-state index in [2.05, 4.69) is 5.32 Å². The Morgan fingerprint density at radius 1 is 1.03 bits per heavy atom. The Bertz CT molecular complexity index is 1060. The van der Waals surface area contributed by atoms with Crippen LogP contribution in [0.2, 0.25) is 0 Å². The maximum absolute atomic E-state index is 12.9. The summed E-state index contributed by atoms with van der Waals surface area (Å²) >= 11 is 1.38. The number of non-ortho nitro benzene ring substituents is 1. The molecule has 0 atom stereocenters. The predicted molar refractivity (Wildman–Crippen MR) is 122 cm³/mol. The molecule has 2 aromatic carbocycles. The van der Waals surface area contributed by atoms with Gasteiger partial charge < -0.3 is 5.32 Å². The highest BCUT2D eigenvalue weighted by Gasteiger charge is 2.40. The summed E-state index contributed by atoms with van der Waals surface area (Å²) in [5, 5.41) is 13.5. The lowest BCUT2D eigenvalue weighted by Gasteiger charge is -2.29. The molecule has 1 heterocycles. The molecular formula is C23H23N3O5S. The van der Waals surface area contributed by atoms with Crippen molar-refractivity contribution < 1.29 is 19.3 Å². The van der Waals surface area contributed by atoms with Crippen molar-refractivity contribution >= 4 is 40.9 Å². The number of nitrogens with one attached hydrogen (secondary N) is 1. The summed E-state index contributed by atoms with van der Waals surface area (Å²) in [6.45, 7) is 0. The van der Waals surface area contributed by atoms with E-state index in [1.807, 2.05) is 0 Å². The van der Waals surface area contributed by atoms with Gasteiger partial charge in [-0.05, 0) is 36.6 Å². The van der Waals surface area contributed by atoms with Crippen molar-refractivity contribution in [2.45, 2.75) is 43.9 Å². The smallest absolute Gasteiger partial charge is 0.269 e. The Morgan fingerprint density at radius 2 is 1.72 bits per heavy atom. The van der Waals surface area contributed by atoms with E-state index >= 15 is 0 Å². The van der Waals surface area contributed by atoms with Crippen molar-refractivity contribution in [1.82, 2.24) is 4.90 Å². The molecule has 8 nitrogen and oxygen atoms in total. The number of carbonyl (C=O) groups is 3. The summed E-state index contributed by atoms with van der Waals surface area (Å²) in [6, 6.07) is 11.0. The van der Waals surface area contributed by atoms with Crippen molar-refractivity contribution in [3.63, 3.8) is 0 Å². The maximum atomic E-state index is 12.9. The molecule has 1 aliphatic heterocycles. The standard InChI is InChI=1S/C23H23N3O5S/c27-21(14-32-13-15-6-9-18(10-7-15)26(30)31)24-16-8-11-19-20(12-16)23(29)25(22(19)28)17-4-2-1-3-5-17/h6-12,17H,1-5,13-14H2,(H,24,27). The van der Waals surface area contributed by atoms with Crippen molar-refractivity contribution in [3.8, 4) is 0 Å². The summed E-state index contributed by atoms with van der Waals surface area (Å²) in [4.78, 5) is 49.6. The van der Waals surface area contributed by atoms with Crippen LogP contribution in [0, 0.1) is 10.1 Å². The number of hydrogen-bond acceptors (Lipinski definition) is 6. The van der Waals surface area contributed by atoms with E-state index < -0.39 is 4.92 Å². The van der Waals surface area contributed by atoms with Gasteiger partial charge in [-0.3, -0.25) is 29.4 Å². The second kappa shape index (κ2) is 9.52. The lowest BCUT2D eigenvalue weighted by Crippen LogP contribution is -2.40. The van der Waals surface area contributed by atoms with Crippen molar-refractivity contribution in [2.24, 2.45) is 0 Å². The topological polar surface area (TPSA) is 110 Å². The number of thioether (sulfide) groups is 1. The molecule has 1 saturated carbocycles. The van der Waals surface area contributed by atoms with Crippen LogP contribution in [-0.4, -0.2) is 39.3 Å². The molecule has 0 unspecified atom stereocenters. The van der Waals surface area contributed by atoms with Gasteiger partial charge in [-0.25, -0.2) is 0 Å². The summed E-state index contributed by atoms with van der Waals surface area (Å²) < 4.78 is 0. The quantitative estimate of drug-likeness (QED) is 0.378. The number of nitrogens with zero attached hydrogens (tertiary/aromatic N) is 2. The van der Waals surface area contributed by atoms with Crippen LogP contribution in [0.3, 0.4) is 0 Å². The first-order valence-corrected chi connectivity index (χ1v) is 11.7. The second-order valence-corrected chi connectivity index (χ2v) is 8.98. The lowest BCUT2D eigenvalue weighted by atomic mass is 9.94. The van der Waals surface area contributed by atoms with E-state index in [0.29, 0.717) is 22.6 Å². The minimum atomic E-state index is -0.451. The molecule has 166 valence electrons. The van der Waals surface area contributed by atoms with Gasteiger partial charge in [-0.1, -0.05) is 31.4 Å². The Balaban J connectivity index is 1.33. The Labute approximate surface area is 189 Å². The van der Waals surface area contributed by atoms with E-state index in [-0.39, 0.29) is 35.2 Å². The number of anilines is 1. The molecule has 1 fully saturated rings. The number of nitro benzene ring substituents is 1. The van der Waals surface area contributed by atoms with Gasteiger partial charge in [-0.2, -0.15) is 0 Å². The molecule has 0 bridgehead atoms. The lowest BCUT2D eigenvalue weighted by molar-refractivity contribution is -0.384. The average molecular weight is 454 g/mol. The van der Waals surface area contributed by atoms with Gasteiger partial charge in [0.2, 0.25) is 5.91 Å². The first-order chi connectivity index (χ1) is 15.4. The third-order valence-electron chi connectivity index (χ3n) is 5.79. The Morgan fingerprint density at radius 3 is 2.41 bits per heavy atom. The summed E-state index contributed by atoms with van der Waals surface area (Å²) in [5.74, 6) is -0.0135. The van der Waals surface area contributed by atoms with E-state index in [1.165, 1.54) is 28.8 Å². The van der Waals surface area contributed by atoms with E-state index in [9.17, 15) is 24.5 Å². The first-order valence-electron chi connectivity index (χ1n) is 10.6. The molecule has 0 radical (unpaired) electrons. The summed E-state index contributed by atoms with van der Waals surface area (Å²) in [7, 11) is 0. The van der Waals surface area contributed by atoms with E-state index in [4.69, 9.17) is 0 Å². The fourth-order valence-electron chi connectivity index (χ4n) is 4.18. The van der Waals surface area contributed by atoms with Gasteiger partial charge in [-0.15, -0.1) is 11.8 Å². The molecule has 2 aliphatic rings. The van der Waals surface area contributed by atoms with Crippen molar-refractivity contribution in [3.05, 3.63) is 69.3 Å². The highest BCUT2D eigenvalue weighted by molar-refractivity contribution is 7.99. The van der Waals surface area contributed by atoms with Crippen LogP contribution >= 0.6 is 11.8 Å². The molecule has 32 heavy (non-hydrogen) atoms. The molecule has 3 amide bonds. The zero-order valence-corrected chi connectivity index (χ0v) is 18.2. The number of imide groups is 1. The number of rotatable bonds is 7. The average Bonchev–Trinajstić information content (AvgIpc) is 3.04. The number of carbonyl (C=O) groups excluding carboxylic acids is 3. The molecular weight excluding hydrogens is 430 g/mol. The van der Waals surface area contributed by atoms with Gasteiger partial charge in [0.15, 0.2) is 0 Å². The molecule has 9 heteroatoms. The molecule has 1 aliphatic carbocycles. The van der Waals surface area contributed by atoms with E-state index in [1.54, 1.807) is 30.3 Å². The van der Waals surface area contributed by atoms with Crippen LogP contribution in [0.5, 0.6) is 0 Å². The monoisotopic (exact) mass is 453 g/mol. The van der Waals surface area contributed by atoms with Crippen LogP contribution in [-0.2, 0) is 10.5 Å². The highest BCUT2D eigenvalue weighted by Crippen LogP contribution is 2.32. The van der Waals surface area contributed by atoms with Gasteiger partial charge in [0.05, 0.1) is 21.8 Å². The predicted octanol–water partition coefficient (Wildman–Crippen LogP) is 4.40. The molecule has 2 aromatic rings. The molecule has 0 spiro atoms. The molecule has 0 saturated heterocycles. The van der Waals surface area contributed by atoms with Crippen LogP contribution in [0.1, 0.15) is 58.4 Å². The van der Waals surface area contributed by atoms with Crippen LogP contribution < -0.4 is 5.32 Å². The third-order valence-corrected chi connectivity index (χ3v) is 6.79. The zero-order valence-electron chi connectivity index (χ0n) is 17.4. The molecule has 1 N–H and O–H groups in total. The van der Waals surface area contributed by atoms with Gasteiger partial charge in [0.25, 0.3) is 17.5 Å². The fraction of sp³-hybridized carbons (Fsp3) is 0.348. The molecule has 0 aromatic heterocycles. The fourth-order valence-corrected chi connectivity index (χ4v) is 4.97. The maximum Gasteiger partial charge on any atom is 0.269 e. The minimum absolute atomic E-state index is 0.0307. The highest BCUT2D eigenvalue weighted by atomic mass is 32.2. The van der Waals surface area contributed by atoms with Crippen LogP contribution in [0.25, 0.3) is 0 Å². The number of fused-ring (bicyclic) bond motifs is 1. The van der Waals surface area contributed by atoms with Crippen molar-refractivity contribution in [2.75, 3.05) is 11.1 Å². The normalized spacial score (nSPS) is 16.2. The van der Waals surface area contributed by atoms with Crippen LogP contribution in [0.15, 0.2) is 42.5 Å². The number of hydrogen-bond donors (Lipinski definition) is 1. The third kappa shape index (κ3) is 4.67. The molecule has 4 rings (SSSR count). The van der Waals surface area contributed by atoms with Gasteiger partial charge in [0.1, 0.15) is 0 Å². The number of benzene rings is 2. The van der Waals surface area contributed by atoms with Crippen LogP contribution in [0.4, 0.5) is 11.4 Å². The Kier molecular flexibility index (Phi) is 6.55. The van der Waals surface area contributed by atoms with Crippen molar-refractivity contribution in [1.29, 1.82) is 0 Å². The second-order valence-electron chi connectivity index (χ2n) is 8.00. The van der Waals surface area contributed by atoms with Gasteiger partial charge in [0, 0.05) is 29.6 Å². The Hall–Kier alpha value is -3.20. The van der Waals surface area contributed by atoms with E-state index in [0.717, 1.165) is 37.7 Å². The number of nitro groups is 1.